The summed E-state index contributed by atoms with van der Waals surface area (Å²) in [7, 11) is 0. The first kappa shape index (κ1) is 17.0. The first-order chi connectivity index (χ1) is 10.6. The molecule has 2 rings (SSSR count). The second-order valence-electron chi connectivity index (χ2n) is 6.45. The molecule has 0 aromatic heterocycles. The molecule has 22 heavy (non-hydrogen) atoms. The van der Waals surface area contributed by atoms with Crippen LogP contribution in [0.3, 0.4) is 0 Å². The van der Waals surface area contributed by atoms with Gasteiger partial charge in [0.2, 0.25) is 0 Å². The number of carbonyl (C=O) groups is 1. The Hall–Kier alpha value is -1.35. The fourth-order valence-electron chi connectivity index (χ4n) is 3.97. The molecule has 0 heterocycles. The van der Waals surface area contributed by atoms with E-state index < -0.39 is 11.4 Å². The molecule has 0 amide bonds. The van der Waals surface area contributed by atoms with Crippen LogP contribution in [0.25, 0.3) is 0 Å². The van der Waals surface area contributed by atoms with Crippen molar-refractivity contribution in [2.45, 2.75) is 51.9 Å². The minimum Gasteiger partial charge on any atom is -0.481 e. The summed E-state index contributed by atoms with van der Waals surface area (Å²) in [5.41, 5.74) is 0.603. The summed E-state index contributed by atoms with van der Waals surface area (Å²) in [6, 6.07) is 10.3. The molecule has 0 radical (unpaired) electrons. The number of carboxylic acid groups (broad SMARTS) is 1. The Morgan fingerprint density at radius 1 is 1.23 bits per heavy atom. The first-order valence-electron chi connectivity index (χ1n) is 8.64. The van der Waals surface area contributed by atoms with Crippen LogP contribution in [-0.4, -0.2) is 35.6 Å². The van der Waals surface area contributed by atoms with E-state index in [1.807, 2.05) is 18.2 Å². The van der Waals surface area contributed by atoms with Crippen LogP contribution < -0.4 is 0 Å². The van der Waals surface area contributed by atoms with Crippen molar-refractivity contribution in [2.24, 2.45) is 5.41 Å². The van der Waals surface area contributed by atoms with Crippen LogP contribution in [0.2, 0.25) is 0 Å². The predicted octanol–water partition coefficient (Wildman–Crippen LogP) is 4.15. The van der Waals surface area contributed by atoms with Gasteiger partial charge in [0.25, 0.3) is 0 Å². The monoisotopic (exact) mass is 303 g/mol. The van der Waals surface area contributed by atoms with E-state index in [9.17, 15) is 9.90 Å². The summed E-state index contributed by atoms with van der Waals surface area (Å²) in [5.74, 6) is -0.455. The Bertz CT molecular complexity index is 470. The summed E-state index contributed by atoms with van der Waals surface area (Å²) in [6.45, 7) is 7.14. The van der Waals surface area contributed by atoms with Crippen LogP contribution in [0, 0.1) is 5.41 Å². The van der Waals surface area contributed by atoms with Crippen LogP contribution in [0.15, 0.2) is 30.3 Å². The second kappa shape index (κ2) is 7.77. The number of rotatable bonds is 7. The number of carboxylic acids is 1. The number of benzene rings is 1. The first-order valence-corrected chi connectivity index (χ1v) is 8.64. The predicted molar refractivity (Wildman–Crippen MR) is 90.1 cm³/mol. The molecule has 0 bridgehead atoms. The van der Waals surface area contributed by atoms with E-state index in [1.54, 1.807) is 0 Å². The summed E-state index contributed by atoms with van der Waals surface area (Å²) >= 11 is 0. The largest absolute Gasteiger partial charge is 0.481 e. The lowest BCUT2D eigenvalue weighted by molar-refractivity contribution is -0.153. The molecule has 1 aliphatic rings. The fourth-order valence-corrected chi connectivity index (χ4v) is 3.97. The highest BCUT2D eigenvalue weighted by Crippen LogP contribution is 2.50. The zero-order chi connectivity index (χ0) is 16.0. The van der Waals surface area contributed by atoms with E-state index in [-0.39, 0.29) is 5.92 Å². The quantitative estimate of drug-likeness (QED) is 0.822. The molecular weight excluding hydrogens is 274 g/mol. The third kappa shape index (κ3) is 3.52. The third-order valence-corrected chi connectivity index (χ3v) is 5.43. The zero-order valence-electron chi connectivity index (χ0n) is 13.9. The van der Waals surface area contributed by atoms with Gasteiger partial charge in [-0.1, -0.05) is 57.0 Å². The standard InChI is InChI=1S/C19H29NO2/c1-3-20(4-2)15-14-19(18(21)22)13-9-8-12-17(19)16-10-6-5-7-11-16/h5-7,10-11,17H,3-4,8-9,12-15H2,1-2H3,(H,21,22). The lowest BCUT2D eigenvalue weighted by Gasteiger charge is -2.42. The molecule has 0 saturated heterocycles. The SMILES string of the molecule is CCN(CC)CCC1(C(=O)O)CCCCC1c1ccccc1. The van der Waals surface area contributed by atoms with Gasteiger partial charge < -0.3 is 10.0 Å². The summed E-state index contributed by atoms with van der Waals surface area (Å²) in [4.78, 5) is 14.6. The van der Waals surface area contributed by atoms with Gasteiger partial charge in [-0.2, -0.15) is 0 Å². The van der Waals surface area contributed by atoms with Gasteiger partial charge in [-0.25, -0.2) is 0 Å². The maximum atomic E-state index is 12.2. The summed E-state index contributed by atoms with van der Waals surface area (Å²) in [5, 5.41) is 10.1. The molecule has 2 unspecified atom stereocenters. The molecule has 0 aliphatic heterocycles. The van der Waals surface area contributed by atoms with Gasteiger partial charge >= 0.3 is 5.97 Å². The molecule has 0 spiro atoms. The van der Waals surface area contributed by atoms with Crippen LogP contribution in [-0.2, 0) is 4.79 Å². The van der Waals surface area contributed by atoms with Crippen molar-refractivity contribution in [3.05, 3.63) is 35.9 Å². The van der Waals surface area contributed by atoms with E-state index in [2.05, 4.69) is 30.9 Å². The molecule has 1 aliphatic carbocycles. The van der Waals surface area contributed by atoms with Crippen LogP contribution in [0.5, 0.6) is 0 Å². The Balaban J connectivity index is 2.26. The molecule has 3 heteroatoms. The Labute approximate surface area is 134 Å². The van der Waals surface area contributed by atoms with E-state index in [0.29, 0.717) is 0 Å². The van der Waals surface area contributed by atoms with Crippen molar-refractivity contribution in [2.75, 3.05) is 19.6 Å². The highest BCUT2D eigenvalue weighted by molar-refractivity contribution is 5.76. The van der Waals surface area contributed by atoms with Crippen molar-refractivity contribution in [3.8, 4) is 0 Å². The van der Waals surface area contributed by atoms with Crippen molar-refractivity contribution in [1.82, 2.24) is 4.90 Å². The molecule has 1 saturated carbocycles. The second-order valence-corrected chi connectivity index (χ2v) is 6.45. The van der Waals surface area contributed by atoms with Gasteiger partial charge in [0.1, 0.15) is 0 Å². The molecule has 3 nitrogen and oxygen atoms in total. The third-order valence-electron chi connectivity index (χ3n) is 5.43. The number of aliphatic carboxylic acids is 1. The molecule has 1 aromatic carbocycles. The summed E-state index contributed by atoms with van der Waals surface area (Å²) < 4.78 is 0. The van der Waals surface area contributed by atoms with Gasteiger partial charge in [-0.3, -0.25) is 4.79 Å². The van der Waals surface area contributed by atoms with Gasteiger partial charge in [0, 0.05) is 5.92 Å². The van der Waals surface area contributed by atoms with Crippen molar-refractivity contribution in [3.63, 3.8) is 0 Å². The molecule has 1 N–H and O–H groups in total. The van der Waals surface area contributed by atoms with E-state index >= 15 is 0 Å². The van der Waals surface area contributed by atoms with Crippen LogP contribution >= 0.6 is 0 Å². The average molecular weight is 303 g/mol. The van der Waals surface area contributed by atoms with E-state index in [1.165, 1.54) is 5.56 Å². The smallest absolute Gasteiger partial charge is 0.310 e. The molecular formula is C19H29NO2. The van der Waals surface area contributed by atoms with Gasteiger partial charge in [-0.15, -0.1) is 0 Å². The van der Waals surface area contributed by atoms with Crippen LogP contribution in [0.4, 0.5) is 0 Å². The van der Waals surface area contributed by atoms with E-state index in [0.717, 1.165) is 51.7 Å². The molecule has 1 aromatic rings. The van der Waals surface area contributed by atoms with Gasteiger partial charge in [0.05, 0.1) is 5.41 Å². The summed E-state index contributed by atoms with van der Waals surface area (Å²) in [6.07, 6.45) is 4.73. The van der Waals surface area contributed by atoms with Crippen molar-refractivity contribution < 1.29 is 9.90 Å². The minimum absolute atomic E-state index is 0.149. The Morgan fingerprint density at radius 2 is 1.91 bits per heavy atom. The van der Waals surface area contributed by atoms with E-state index in [4.69, 9.17) is 0 Å². The van der Waals surface area contributed by atoms with Crippen LogP contribution in [0.1, 0.15) is 57.4 Å². The Kier molecular flexibility index (Phi) is 6.01. The van der Waals surface area contributed by atoms with Gasteiger partial charge in [-0.05, 0) is 44.5 Å². The normalized spacial score (nSPS) is 25.3. The number of hydrogen-bond acceptors (Lipinski definition) is 2. The fraction of sp³-hybridized carbons (Fsp3) is 0.632. The molecule has 122 valence electrons. The number of nitrogens with zero attached hydrogens (tertiary/aromatic N) is 1. The molecule has 2 atom stereocenters. The maximum Gasteiger partial charge on any atom is 0.310 e. The Morgan fingerprint density at radius 3 is 2.50 bits per heavy atom. The zero-order valence-corrected chi connectivity index (χ0v) is 13.9. The topological polar surface area (TPSA) is 40.5 Å². The average Bonchev–Trinajstić information content (AvgIpc) is 2.56. The van der Waals surface area contributed by atoms with Crippen molar-refractivity contribution >= 4 is 5.97 Å². The van der Waals surface area contributed by atoms with Gasteiger partial charge in [0.15, 0.2) is 0 Å². The lowest BCUT2D eigenvalue weighted by atomic mass is 9.62. The minimum atomic E-state index is -0.604. The maximum absolute atomic E-state index is 12.2. The molecule has 1 fully saturated rings. The number of hydrogen-bond donors (Lipinski definition) is 1. The lowest BCUT2D eigenvalue weighted by Crippen LogP contribution is -2.42. The highest BCUT2D eigenvalue weighted by atomic mass is 16.4. The van der Waals surface area contributed by atoms with Crippen molar-refractivity contribution in [1.29, 1.82) is 0 Å². The highest BCUT2D eigenvalue weighted by Gasteiger charge is 2.47.